The summed E-state index contributed by atoms with van der Waals surface area (Å²) in [5, 5.41) is 3.62. The second-order valence-corrected chi connectivity index (χ2v) is 6.31. The second kappa shape index (κ2) is 6.06. The normalized spacial score (nSPS) is 11.2. The molecular formula is C17H13N5O2S. The number of hydrogen-bond donors (Lipinski definition) is 2. The molecule has 4 rings (SSSR count). The van der Waals surface area contributed by atoms with E-state index >= 15 is 0 Å². The lowest BCUT2D eigenvalue weighted by molar-refractivity contribution is -0.117. The number of primary amides is 1. The number of thioether (sulfide) groups is 1. The van der Waals surface area contributed by atoms with E-state index in [4.69, 9.17) is 10.7 Å². The Morgan fingerprint density at radius 2 is 1.76 bits per heavy atom. The standard InChI is InChI=1S/C17H13N5O2S/c18-16(24)21-14(23)9-25-17-20-11-6-2-1-5-10(11)15-19-12-7-3-4-8-13(12)22(15)17/h1-8H,9H2,(H3,18,21,23,24). The van der Waals surface area contributed by atoms with E-state index in [9.17, 15) is 9.59 Å². The lowest BCUT2D eigenvalue weighted by atomic mass is 10.2. The van der Waals surface area contributed by atoms with Crippen molar-refractivity contribution in [2.45, 2.75) is 5.16 Å². The van der Waals surface area contributed by atoms with Crippen molar-refractivity contribution in [3.8, 4) is 0 Å². The largest absolute Gasteiger partial charge is 0.351 e. The van der Waals surface area contributed by atoms with Crippen LogP contribution in [0.15, 0.2) is 53.7 Å². The van der Waals surface area contributed by atoms with E-state index in [-0.39, 0.29) is 5.75 Å². The lowest BCUT2D eigenvalue weighted by Gasteiger charge is -2.08. The van der Waals surface area contributed by atoms with E-state index in [1.165, 1.54) is 11.8 Å². The summed E-state index contributed by atoms with van der Waals surface area (Å²) in [5.74, 6) is -0.444. The fourth-order valence-corrected chi connectivity index (χ4v) is 3.52. The molecule has 0 radical (unpaired) electrons. The van der Waals surface area contributed by atoms with Gasteiger partial charge in [-0.15, -0.1) is 0 Å². The predicted molar refractivity (Wildman–Crippen MR) is 96.4 cm³/mol. The molecule has 0 spiro atoms. The number of urea groups is 1. The summed E-state index contributed by atoms with van der Waals surface area (Å²) >= 11 is 1.23. The SMILES string of the molecule is NC(=O)NC(=O)CSc1nc2ccccc2c2nc3ccccc3n12. The number of carbonyl (C=O) groups excluding carboxylic acids is 2. The molecule has 8 heteroatoms. The number of hydrogen-bond acceptors (Lipinski definition) is 5. The monoisotopic (exact) mass is 351 g/mol. The quantitative estimate of drug-likeness (QED) is 0.436. The van der Waals surface area contributed by atoms with E-state index in [0.717, 1.165) is 27.6 Å². The predicted octanol–water partition coefficient (Wildman–Crippen LogP) is 2.32. The molecule has 124 valence electrons. The van der Waals surface area contributed by atoms with Gasteiger partial charge in [0.05, 0.1) is 22.3 Å². The van der Waals surface area contributed by atoms with Gasteiger partial charge < -0.3 is 5.73 Å². The van der Waals surface area contributed by atoms with Gasteiger partial charge in [-0.3, -0.25) is 14.5 Å². The van der Waals surface area contributed by atoms with Gasteiger partial charge in [-0.05, 0) is 24.3 Å². The zero-order valence-corrected chi connectivity index (χ0v) is 13.8. The molecule has 0 saturated heterocycles. The minimum atomic E-state index is -0.865. The Kier molecular flexibility index (Phi) is 3.73. The summed E-state index contributed by atoms with van der Waals surface area (Å²) in [6.07, 6.45) is 0. The van der Waals surface area contributed by atoms with Crippen molar-refractivity contribution in [3.63, 3.8) is 0 Å². The zero-order valence-electron chi connectivity index (χ0n) is 13.0. The maximum absolute atomic E-state index is 11.7. The first-order chi connectivity index (χ1) is 12.1. The molecule has 4 aromatic rings. The highest BCUT2D eigenvalue weighted by molar-refractivity contribution is 7.99. The maximum Gasteiger partial charge on any atom is 0.318 e. The van der Waals surface area contributed by atoms with Gasteiger partial charge in [-0.25, -0.2) is 14.8 Å². The molecule has 0 aliphatic heterocycles. The van der Waals surface area contributed by atoms with Crippen LogP contribution in [0.5, 0.6) is 0 Å². The summed E-state index contributed by atoms with van der Waals surface area (Å²) in [7, 11) is 0. The molecule has 0 aliphatic carbocycles. The highest BCUT2D eigenvalue weighted by Crippen LogP contribution is 2.28. The molecule has 7 nitrogen and oxygen atoms in total. The maximum atomic E-state index is 11.7. The number of nitrogens with one attached hydrogen (secondary N) is 1. The van der Waals surface area contributed by atoms with E-state index < -0.39 is 11.9 Å². The van der Waals surface area contributed by atoms with Crippen LogP contribution in [-0.4, -0.2) is 32.1 Å². The molecule has 0 bridgehead atoms. The van der Waals surface area contributed by atoms with Crippen LogP contribution in [0.3, 0.4) is 0 Å². The van der Waals surface area contributed by atoms with Crippen LogP contribution in [-0.2, 0) is 4.79 Å². The highest BCUT2D eigenvalue weighted by atomic mass is 32.2. The van der Waals surface area contributed by atoms with Crippen LogP contribution in [0, 0.1) is 0 Å². The van der Waals surface area contributed by atoms with Crippen LogP contribution < -0.4 is 11.1 Å². The number of nitrogens with two attached hydrogens (primary N) is 1. The van der Waals surface area contributed by atoms with E-state index in [1.807, 2.05) is 52.9 Å². The number of para-hydroxylation sites is 3. The minimum absolute atomic E-state index is 0.0237. The summed E-state index contributed by atoms with van der Waals surface area (Å²) in [4.78, 5) is 31.9. The van der Waals surface area contributed by atoms with Crippen LogP contribution in [0.25, 0.3) is 27.6 Å². The van der Waals surface area contributed by atoms with Gasteiger partial charge in [-0.1, -0.05) is 36.0 Å². The smallest absolute Gasteiger partial charge is 0.318 e. The van der Waals surface area contributed by atoms with Crippen molar-refractivity contribution < 1.29 is 9.59 Å². The summed E-state index contributed by atoms with van der Waals surface area (Å²) in [5.41, 5.74) is 8.31. The lowest BCUT2D eigenvalue weighted by Crippen LogP contribution is -2.36. The van der Waals surface area contributed by atoms with Gasteiger partial charge in [0.15, 0.2) is 5.16 Å². The van der Waals surface area contributed by atoms with Gasteiger partial charge in [0, 0.05) is 5.39 Å². The Hall–Kier alpha value is -3.13. The van der Waals surface area contributed by atoms with Crippen molar-refractivity contribution in [2.24, 2.45) is 5.73 Å². The van der Waals surface area contributed by atoms with Crippen LogP contribution >= 0.6 is 11.8 Å². The first kappa shape index (κ1) is 15.4. The van der Waals surface area contributed by atoms with Crippen LogP contribution in [0.4, 0.5) is 4.79 Å². The average molecular weight is 351 g/mol. The molecule has 2 aromatic carbocycles. The third-order valence-corrected chi connectivity index (χ3v) is 4.65. The number of amides is 3. The molecule has 2 aromatic heterocycles. The number of aromatic nitrogens is 3. The summed E-state index contributed by atoms with van der Waals surface area (Å²) in [6.45, 7) is 0. The van der Waals surface area contributed by atoms with Crippen LogP contribution in [0.2, 0.25) is 0 Å². The van der Waals surface area contributed by atoms with E-state index in [2.05, 4.69) is 10.3 Å². The Morgan fingerprint density at radius 1 is 1.04 bits per heavy atom. The molecule has 0 saturated carbocycles. The molecular weight excluding hydrogens is 338 g/mol. The number of carbonyl (C=O) groups is 2. The molecule has 0 fully saturated rings. The second-order valence-electron chi connectivity index (χ2n) is 5.37. The first-order valence-electron chi connectivity index (χ1n) is 7.51. The fraction of sp³-hybridized carbons (Fsp3) is 0.0588. The van der Waals surface area contributed by atoms with Crippen molar-refractivity contribution in [1.82, 2.24) is 19.7 Å². The molecule has 0 unspecified atom stereocenters. The van der Waals surface area contributed by atoms with E-state index in [1.54, 1.807) is 0 Å². The highest BCUT2D eigenvalue weighted by Gasteiger charge is 2.15. The molecule has 0 atom stereocenters. The number of imide groups is 1. The number of imidazole rings is 1. The summed E-state index contributed by atoms with van der Waals surface area (Å²) < 4.78 is 1.93. The molecule has 3 amide bonds. The van der Waals surface area contributed by atoms with Crippen molar-refractivity contribution in [2.75, 3.05) is 5.75 Å². The Bertz CT molecular complexity index is 1140. The number of rotatable bonds is 3. The van der Waals surface area contributed by atoms with Crippen molar-refractivity contribution in [3.05, 3.63) is 48.5 Å². The number of nitrogens with zero attached hydrogens (tertiary/aromatic N) is 3. The molecule has 25 heavy (non-hydrogen) atoms. The Morgan fingerprint density at radius 3 is 2.56 bits per heavy atom. The third kappa shape index (κ3) is 2.76. The topological polar surface area (TPSA) is 102 Å². The Balaban J connectivity index is 1.89. The van der Waals surface area contributed by atoms with Gasteiger partial charge in [0.25, 0.3) is 0 Å². The average Bonchev–Trinajstić information content (AvgIpc) is 2.99. The van der Waals surface area contributed by atoms with Gasteiger partial charge in [0.2, 0.25) is 5.91 Å². The fourth-order valence-electron chi connectivity index (χ4n) is 2.71. The van der Waals surface area contributed by atoms with Crippen molar-refractivity contribution >= 4 is 51.3 Å². The number of fused-ring (bicyclic) bond motifs is 5. The molecule has 2 heterocycles. The van der Waals surface area contributed by atoms with Crippen molar-refractivity contribution in [1.29, 1.82) is 0 Å². The van der Waals surface area contributed by atoms with E-state index in [0.29, 0.717) is 5.16 Å². The zero-order chi connectivity index (χ0) is 17.4. The molecule has 3 N–H and O–H groups in total. The first-order valence-corrected chi connectivity index (χ1v) is 8.50. The van der Waals surface area contributed by atoms with Gasteiger partial charge >= 0.3 is 6.03 Å². The van der Waals surface area contributed by atoms with Gasteiger partial charge in [0.1, 0.15) is 5.65 Å². The summed E-state index contributed by atoms with van der Waals surface area (Å²) in [6, 6.07) is 14.6. The number of benzene rings is 2. The minimum Gasteiger partial charge on any atom is -0.351 e. The van der Waals surface area contributed by atoms with Crippen LogP contribution in [0.1, 0.15) is 0 Å². The molecule has 0 aliphatic rings. The Labute approximate surface area is 146 Å². The van der Waals surface area contributed by atoms with Gasteiger partial charge in [-0.2, -0.15) is 0 Å². The third-order valence-electron chi connectivity index (χ3n) is 3.71.